The minimum Gasteiger partial charge on any atom is -0.384 e. The molecule has 0 bridgehead atoms. The highest BCUT2D eigenvalue weighted by molar-refractivity contribution is 6.02. The van der Waals surface area contributed by atoms with Gasteiger partial charge < -0.3 is 16.5 Å². The van der Waals surface area contributed by atoms with E-state index in [0.717, 1.165) is 10.9 Å². The van der Waals surface area contributed by atoms with E-state index in [1.165, 1.54) is 0 Å². The number of nitrogens with two attached hydrogens (primary N) is 2. The van der Waals surface area contributed by atoms with Crippen molar-refractivity contribution in [2.24, 2.45) is 11.5 Å². The van der Waals surface area contributed by atoms with Crippen LogP contribution in [0.3, 0.4) is 0 Å². The first-order valence-electron chi connectivity index (χ1n) is 4.39. The maximum Gasteiger partial charge on any atom is 0.139 e. The molecule has 0 fully saturated rings. The predicted molar refractivity (Wildman–Crippen MR) is 67.6 cm³/mol. The molecule has 1 aromatic carbocycles. The number of aromatic amines is 1. The summed E-state index contributed by atoms with van der Waals surface area (Å²) in [5.74, 6) is 0.0199. The summed E-state index contributed by atoms with van der Waals surface area (Å²) in [5.41, 5.74) is 12.8. The highest BCUT2D eigenvalue weighted by Gasteiger charge is 2.04. The van der Waals surface area contributed by atoms with Crippen LogP contribution in [0.2, 0.25) is 0 Å². The molecular formula is C10H12ClN5. The summed E-state index contributed by atoms with van der Waals surface area (Å²) in [6, 6.07) is 7.17. The molecule has 0 radical (unpaired) electrons. The van der Waals surface area contributed by atoms with Gasteiger partial charge in [0.05, 0.1) is 5.69 Å². The Kier molecular flexibility index (Phi) is 3.20. The van der Waals surface area contributed by atoms with Gasteiger partial charge in [-0.1, -0.05) is 12.1 Å². The Labute approximate surface area is 98.3 Å². The third-order valence-electron chi connectivity index (χ3n) is 2.22. The fourth-order valence-electron chi connectivity index (χ4n) is 1.44. The van der Waals surface area contributed by atoms with Gasteiger partial charge >= 0.3 is 0 Å². The van der Waals surface area contributed by atoms with Crippen molar-refractivity contribution in [3.8, 4) is 0 Å². The second-order valence-corrected chi connectivity index (χ2v) is 3.31. The Bertz CT molecular complexity index is 545. The third-order valence-corrected chi connectivity index (χ3v) is 2.22. The van der Waals surface area contributed by atoms with Gasteiger partial charge in [-0.15, -0.1) is 12.4 Å². The quantitative estimate of drug-likeness (QED) is 0.398. The van der Waals surface area contributed by atoms with Gasteiger partial charge in [0.25, 0.3) is 0 Å². The molecule has 5 nitrogen and oxygen atoms in total. The zero-order valence-electron chi connectivity index (χ0n) is 8.37. The molecule has 16 heavy (non-hydrogen) atoms. The van der Waals surface area contributed by atoms with Crippen LogP contribution < -0.4 is 11.5 Å². The number of benzene rings is 1. The topological polar surface area (TPSA) is 116 Å². The molecule has 1 aromatic heterocycles. The first kappa shape index (κ1) is 12.1. The van der Waals surface area contributed by atoms with Crippen LogP contribution in [0, 0.1) is 10.8 Å². The number of halogens is 1. The third kappa shape index (κ3) is 1.99. The molecule has 0 aliphatic carbocycles. The molecule has 0 saturated carbocycles. The normalized spacial score (nSPS) is 9.75. The van der Waals surface area contributed by atoms with Crippen molar-refractivity contribution in [3.05, 3.63) is 35.5 Å². The molecule has 0 atom stereocenters. The SMILES string of the molecule is Cl.N=C(N)c1ccc2cc(C(=N)N)[nH]c2c1. The number of fused-ring (bicyclic) bond motifs is 1. The molecule has 0 aliphatic rings. The second-order valence-electron chi connectivity index (χ2n) is 3.31. The summed E-state index contributed by atoms with van der Waals surface area (Å²) < 4.78 is 0. The van der Waals surface area contributed by atoms with Crippen LogP contribution in [-0.2, 0) is 0 Å². The molecule has 1 heterocycles. The van der Waals surface area contributed by atoms with Gasteiger partial charge in [0.2, 0.25) is 0 Å². The van der Waals surface area contributed by atoms with Crippen molar-refractivity contribution in [2.75, 3.05) is 0 Å². The van der Waals surface area contributed by atoms with Crippen molar-refractivity contribution in [1.82, 2.24) is 4.98 Å². The van der Waals surface area contributed by atoms with Gasteiger partial charge in [0.1, 0.15) is 11.7 Å². The van der Waals surface area contributed by atoms with Crippen LogP contribution in [0.1, 0.15) is 11.3 Å². The smallest absolute Gasteiger partial charge is 0.139 e. The van der Waals surface area contributed by atoms with Gasteiger partial charge in [-0.2, -0.15) is 0 Å². The van der Waals surface area contributed by atoms with Crippen molar-refractivity contribution >= 4 is 35.0 Å². The molecule has 0 unspecified atom stereocenters. The van der Waals surface area contributed by atoms with E-state index in [1.807, 2.05) is 6.07 Å². The molecule has 7 N–H and O–H groups in total. The number of H-pyrrole nitrogens is 1. The number of rotatable bonds is 2. The highest BCUT2D eigenvalue weighted by Crippen LogP contribution is 2.16. The fourth-order valence-corrected chi connectivity index (χ4v) is 1.44. The summed E-state index contributed by atoms with van der Waals surface area (Å²) in [7, 11) is 0. The number of aromatic nitrogens is 1. The molecule has 84 valence electrons. The summed E-state index contributed by atoms with van der Waals surface area (Å²) in [4.78, 5) is 2.99. The average molecular weight is 238 g/mol. The summed E-state index contributed by atoms with van der Waals surface area (Å²) in [6.07, 6.45) is 0. The molecule has 2 rings (SSSR count). The van der Waals surface area contributed by atoms with Crippen molar-refractivity contribution in [3.63, 3.8) is 0 Å². The monoisotopic (exact) mass is 237 g/mol. The van der Waals surface area contributed by atoms with E-state index in [-0.39, 0.29) is 24.1 Å². The summed E-state index contributed by atoms with van der Waals surface area (Å²) >= 11 is 0. The van der Waals surface area contributed by atoms with Crippen molar-refractivity contribution < 1.29 is 0 Å². The zero-order valence-corrected chi connectivity index (χ0v) is 9.19. The number of hydrogen-bond acceptors (Lipinski definition) is 2. The Hall–Kier alpha value is -2.01. The standard InChI is InChI=1S/C10H11N5.ClH/c11-9(12)6-2-1-5-3-8(10(13)14)15-7(5)4-6;/h1-4,15H,(H3,11,12)(H3,13,14);1H. The van der Waals surface area contributed by atoms with Gasteiger partial charge in [-0.05, 0) is 12.1 Å². The molecule has 0 saturated heterocycles. The molecular weight excluding hydrogens is 226 g/mol. The number of hydrogen-bond donors (Lipinski definition) is 5. The Morgan fingerprint density at radius 1 is 1.06 bits per heavy atom. The minimum absolute atomic E-state index is 0. The minimum atomic E-state index is -0.00410. The van der Waals surface area contributed by atoms with E-state index in [1.54, 1.807) is 18.2 Å². The zero-order chi connectivity index (χ0) is 11.0. The first-order valence-corrected chi connectivity index (χ1v) is 4.39. The van der Waals surface area contributed by atoms with E-state index < -0.39 is 0 Å². The van der Waals surface area contributed by atoms with E-state index in [0.29, 0.717) is 11.3 Å². The van der Waals surface area contributed by atoms with Crippen molar-refractivity contribution in [2.45, 2.75) is 0 Å². The Morgan fingerprint density at radius 2 is 1.75 bits per heavy atom. The lowest BCUT2D eigenvalue weighted by Crippen LogP contribution is -2.11. The number of nitrogens with one attached hydrogen (secondary N) is 3. The Balaban J connectivity index is 0.00000128. The van der Waals surface area contributed by atoms with Crippen LogP contribution in [0.15, 0.2) is 24.3 Å². The summed E-state index contributed by atoms with van der Waals surface area (Å²) in [6.45, 7) is 0. The first-order chi connectivity index (χ1) is 7.08. The molecule has 2 aromatic rings. The molecule has 0 amide bonds. The lowest BCUT2D eigenvalue weighted by Gasteiger charge is -1.97. The van der Waals surface area contributed by atoms with E-state index >= 15 is 0 Å². The molecule has 0 spiro atoms. The maximum absolute atomic E-state index is 7.30. The van der Waals surface area contributed by atoms with Crippen LogP contribution in [0.4, 0.5) is 0 Å². The van der Waals surface area contributed by atoms with Crippen LogP contribution in [-0.4, -0.2) is 16.7 Å². The van der Waals surface area contributed by atoms with E-state index in [2.05, 4.69) is 4.98 Å². The van der Waals surface area contributed by atoms with E-state index in [9.17, 15) is 0 Å². The average Bonchev–Trinajstić information content (AvgIpc) is 2.59. The summed E-state index contributed by atoms with van der Waals surface area (Å²) in [5, 5.41) is 15.5. The van der Waals surface area contributed by atoms with Gasteiger partial charge in [0.15, 0.2) is 0 Å². The largest absolute Gasteiger partial charge is 0.384 e. The number of amidine groups is 2. The molecule has 0 aliphatic heterocycles. The lowest BCUT2D eigenvalue weighted by molar-refractivity contribution is 1.34. The van der Waals surface area contributed by atoms with Gasteiger partial charge in [-0.3, -0.25) is 10.8 Å². The lowest BCUT2D eigenvalue weighted by atomic mass is 10.1. The second kappa shape index (κ2) is 4.24. The predicted octanol–water partition coefficient (Wildman–Crippen LogP) is 1.16. The van der Waals surface area contributed by atoms with Gasteiger partial charge in [0, 0.05) is 16.5 Å². The molecule has 6 heteroatoms. The highest BCUT2D eigenvalue weighted by atomic mass is 35.5. The fraction of sp³-hybridized carbons (Fsp3) is 0. The van der Waals surface area contributed by atoms with Gasteiger partial charge in [-0.25, -0.2) is 0 Å². The van der Waals surface area contributed by atoms with Crippen LogP contribution in [0.25, 0.3) is 10.9 Å². The van der Waals surface area contributed by atoms with Crippen molar-refractivity contribution in [1.29, 1.82) is 10.8 Å². The van der Waals surface area contributed by atoms with Crippen LogP contribution in [0.5, 0.6) is 0 Å². The maximum atomic E-state index is 7.30. The Morgan fingerprint density at radius 3 is 2.31 bits per heavy atom. The van der Waals surface area contributed by atoms with Crippen LogP contribution >= 0.6 is 12.4 Å². The number of nitrogen functional groups attached to an aromatic ring is 2. The van der Waals surface area contributed by atoms with E-state index in [4.69, 9.17) is 22.3 Å².